The highest BCUT2D eigenvalue weighted by Gasteiger charge is 2.39. The predicted molar refractivity (Wildman–Crippen MR) is 97.6 cm³/mol. The molecule has 0 amide bonds. The van der Waals surface area contributed by atoms with Crippen LogP contribution < -0.4 is 10.8 Å². The topological polar surface area (TPSA) is 111 Å². The van der Waals surface area contributed by atoms with Crippen molar-refractivity contribution in [3.8, 4) is 0 Å². The predicted octanol–water partition coefficient (Wildman–Crippen LogP) is 1.89. The number of hydrogen-bond acceptors (Lipinski definition) is 7. The molecule has 148 valence electrons. The molecule has 2 N–H and O–H groups in total. The van der Waals surface area contributed by atoms with E-state index in [1.54, 1.807) is 0 Å². The van der Waals surface area contributed by atoms with E-state index in [2.05, 4.69) is 4.74 Å². The number of rotatable bonds is 3. The van der Waals surface area contributed by atoms with E-state index in [0.717, 1.165) is 0 Å². The second-order valence-corrected chi connectivity index (χ2v) is 5.10. The zero-order chi connectivity index (χ0) is 19.5. The van der Waals surface area contributed by atoms with Gasteiger partial charge in [0.2, 0.25) is 0 Å². The van der Waals surface area contributed by atoms with Gasteiger partial charge in [-0.3, -0.25) is 0 Å². The molecule has 0 bridgehead atoms. The van der Waals surface area contributed by atoms with Crippen LogP contribution >= 0.6 is 0 Å². The Morgan fingerprint density at radius 1 is 1.12 bits per heavy atom. The van der Waals surface area contributed by atoms with Gasteiger partial charge < -0.3 is 25.1 Å². The maximum absolute atomic E-state index is 11.3. The molecule has 1 heterocycles. The molecule has 26 heavy (non-hydrogen) atoms. The van der Waals surface area contributed by atoms with E-state index in [0.29, 0.717) is 6.54 Å². The lowest BCUT2D eigenvalue weighted by atomic mass is 10.2. The summed E-state index contributed by atoms with van der Waals surface area (Å²) in [5.74, 6) is -4.02. The highest BCUT2D eigenvalue weighted by atomic mass is 16.7. The average molecular weight is 368 g/mol. The van der Waals surface area contributed by atoms with E-state index in [1.807, 2.05) is 44.2 Å². The Bertz CT molecular complexity index is 559. The number of benzene rings is 1. The average Bonchev–Trinajstić information content (AvgIpc) is 2.56. The van der Waals surface area contributed by atoms with Gasteiger partial charge in [-0.25, -0.2) is 9.59 Å². The maximum Gasteiger partial charge on any atom is 0.347 e. The molecule has 1 aromatic rings. The number of carbonyl (C=O) groups is 2. The molecule has 0 aliphatic carbocycles. The van der Waals surface area contributed by atoms with Crippen molar-refractivity contribution >= 4 is 11.9 Å². The fraction of sp³-hybridized carbons (Fsp3) is 0.474. The van der Waals surface area contributed by atoms with Crippen LogP contribution in [0.4, 0.5) is 0 Å². The minimum absolute atomic E-state index is 0. The molecule has 7 nitrogen and oxygen atoms in total. The van der Waals surface area contributed by atoms with Gasteiger partial charge in [-0.1, -0.05) is 57.4 Å². The molecule has 7 heteroatoms. The number of methoxy groups -OCH3 is 1. The molecular weight excluding hydrogens is 338 g/mol. The molecule has 0 saturated carbocycles. The monoisotopic (exact) mass is 368 g/mol. The first kappa shape index (κ1) is 25.9. The molecule has 1 aliphatic rings. The van der Waals surface area contributed by atoms with Crippen molar-refractivity contribution in [2.75, 3.05) is 13.7 Å². The van der Waals surface area contributed by atoms with E-state index in [1.165, 1.54) is 26.5 Å². The second-order valence-electron chi connectivity index (χ2n) is 5.10. The standard InChI is InChI=1S/C9H12O6.C7H9N.C2H6.CH4/c1-9(2)14-7(11)6(8(12)15-9)5(10)4-13-3;8-6-7-4-2-1-3-5-7;1-2;/h10H,4H2,1-3H3;1-5H,6,8H2;1-2H3;1H4/p-1. The minimum Gasteiger partial charge on any atom is -0.873 e. The van der Waals surface area contributed by atoms with Gasteiger partial charge in [0.15, 0.2) is 0 Å². The summed E-state index contributed by atoms with van der Waals surface area (Å²) < 4.78 is 14.0. The van der Waals surface area contributed by atoms with Crippen LogP contribution in [0, 0.1) is 0 Å². The van der Waals surface area contributed by atoms with E-state index in [9.17, 15) is 14.7 Å². The molecule has 1 aliphatic heterocycles. The maximum atomic E-state index is 11.3. The van der Waals surface area contributed by atoms with Crippen molar-refractivity contribution in [3.05, 3.63) is 47.2 Å². The van der Waals surface area contributed by atoms with Gasteiger partial charge in [0.1, 0.15) is 5.57 Å². The first-order valence-corrected chi connectivity index (χ1v) is 7.90. The van der Waals surface area contributed by atoms with Gasteiger partial charge in [-0.2, -0.15) is 0 Å². The highest BCUT2D eigenvalue weighted by molar-refractivity contribution is 6.15. The van der Waals surface area contributed by atoms with Gasteiger partial charge in [-0.05, 0) is 5.56 Å². The van der Waals surface area contributed by atoms with Crippen molar-refractivity contribution in [3.63, 3.8) is 0 Å². The Labute approximate surface area is 155 Å². The number of ether oxygens (including phenoxy) is 3. The lowest BCUT2D eigenvalue weighted by Gasteiger charge is -2.31. The van der Waals surface area contributed by atoms with Gasteiger partial charge in [0, 0.05) is 27.5 Å². The molecular formula is C19H30NO6-. The minimum atomic E-state index is -1.33. The third-order valence-electron chi connectivity index (χ3n) is 2.72. The largest absolute Gasteiger partial charge is 0.873 e. The van der Waals surface area contributed by atoms with Crippen LogP contribution in [0.25, 0.3) is 0 Å². The summed E-state index contributed by atoms with van der Waals surface area (Å²) in [7, 11) is 1.28. The Morgan fingerprint density at radius 3 is 1.92 bits per heavy atom. The summed E-state index contributed by atoms with van der Waals surface area (Å²) in [6.45, 7) is 7.08. The lowest BCUT2D eigenvalue weighted by Crippen LogP contribution is -2.43. The molecule has 2 rings (SSSR count). The molecule has 0 unspecified atom stereocenters. The summed E-state index contributed by atoms with van der Waals surface area (Å²) >= 11 is 0. The lowest BCUT2D eigenvalue weighted by molar-refractivity contribution is -0.314. The van der Waals surface area contributed by atoms with Crippen LogP contribution in [0.15, 0.2) is 41.7 Å². The van der Waals surface area contributed by atoms with Crippen molar-refractivity contribution in [2.45, 2.75) is 47.5 Å². The number of carbonyl (C=O) groups excluding carboxylic acids is 2. The molecule has 0 radical (unpaired) electrons. The third kappa shape index (κ3) is 8.64. The summed E-state index contributed by atoms with van der Waals surface area (Å²) in [6, 6.07) is 9.99. The van der Waals surface area contributed by atoms with E-state index in [-0.39, 0.29) is 14.0 Å². The van der Waals surface area contributed by atoms with Crippen LogP contribution in [0.3, 0.4) is 0 Å². The van der Waals surface area contributed by atoms with Gasteiger partial charge in [-0.15, -0.1) is 0 Å². The van der Waals surface area contributed by atoms with Crippen LogP contribution in [0.1, 0.15) is 40.7 Å². The van der Waals surface area contributed by atoms with E-state index >= 15 is 0 Å². The molecule has 0 atom stereocenters. The summed E-state index contributed by atoms with van der Waals surface area (Å²) in [4.78, 5) is 22.6. The number of nitrogens with two attached hydrogens (primary N) is 1. The fourth-order valence-corrected chi connectivity index (χ4v) is 1.70. The normalized spacial score (nSPS) is 14.3. The van der Waals surface area contributed by atoms with Gasteiger partial charge >= 0.3 is 11.9 Å². The van der Waals surface area contributed by atoms with Crippen molar-refractivity contribution < 1.29 is 28.9 Å². The first-order valence-electron chi connectivity index (χ1n) is 7.90. The Kier molecular flexibility index (Phi) is 12.8. The Morgan fingerprint density at radius 2 is 1.58 bits per heavy atom. The Hall–Kier alpha value is -2.38. The van der Waals surface area contributed by atoms with E-state index in [4.69, 9.17) is 15.2 Å². The fourth-order valence-electron chi connectivity index (χ4n) is 1.70. The second kappa shape index (κ2) is 12.9. The third-order valence-corrected chi connectivity index (χ3v) is 2.72. The molecule has 0 aromatic heterocycles. The van der Waals surface area contributed by atoms with Gasteiger partial charge in [0.05, 0.1) is 6.61 Å². The molecule has 1 saturated heterocycles. The quantitative estimate of drug-likeness (QED) is 0.375. The van der Waals surface area contributed by atoms with Crippen LogP contribution in [0.5, 0.6) is 0 Å². The first-order chi connectivity index (χ1) is 11.8. The Balaban J connectivity index is 0. The summed E-state index contributed by atoms with van der Waals surface area (Å²) in [5.41, 5.74) is 5.91. The summed E-state index contributed by atoms with van der Waals surface area (Å²) in [5, 5.41) is 11.3. The van der Waals surface area contributed by atoms with Gasteiger partial charge in [0.25, 0.3) is 5.79 Å². The zero-order valence-electron chi connectivity index (χ0n) is 15.3. The number of esters is 2. The smallest absolute Gasteiger partial charge is 0.347 e. The van der Waals surface area contributed by atoms with Crippen molar-refractivity contribution in [1.29, 1.82) is 0 Å². The SMILES string of the molecule is C.CC.COCC([O-])=C1C(=O)OC(C)(C)OC1=O.NCc1ccccc1. The van der Waals surface area contributed by atoms with Crippen LogP contribution in [-0.2, 0) is 30.3 Å². The molecule has 1 fully saturated rings. The van der Waals surface area contributed by atoms with Crippen LogP contribution in [-0.4, -0.2) is 31.4 Å². The van der Waals surface area contributed by atoms with Crippen molar-refractivity contribution in [2.24, 2.45) is 5.73 Å². The molecule has 1 aromatic carbocycles. The molecule has 0 spiro atoms. The number of cyclic esters (lactones) is 2. The highest BCUT2D eigenvalue weighted by Crippen LogP contribution is 2.23. The van der Waals surface area contributed by atoms with Crippen LogP contribution in [0.2, 0.25) is 0 Å². The van der Waals surface area contributed by atoms with Crippen molar-refractivity contribution in [1.82, 2.24) is 0 Å². The zero-order valence-corrected chi connectivity index (χ0v) is 15.3. The summed E-state index contributed by atoms with van der Waals surface area (Å²) in [6.07, 6.45) is 0. The van der Waals surface area contributed by atoms with E-state index < -0.39 is 29.1 Å². The number of hydrogen-bond donors (Lipinski definition) is 1.